The Morgan fingerprint density at radius 1 is 1.60 bits per heavy atom. The minimum Gasteiger partial charge on any atom is -0.384 e. The second-order valence-corrected chi connectivity index (χ2v) is 4.33. The van der Waals surface area contributed by atoms with Crippen molar-refractivity contribution in [3.05, 3.63) is 22.8 Å². The zero-order chi connectivity index (χ0) is 10.9. The number of nitrogens with one attached hydrogen (secondary N) is 1. The molecule has 4 nitrogen and oxygen atoms in total. The Bertz CT molecular complexity index is 364. The Kier molecular flexibility index (Phi) is 2.82. The Morgan fingerprint density at radius 2 is 2.40 bits per heavy atom. The number of β-amino-alcohol motifs (C(OH)–C–C–N with tert-alkyl or cyclic N) is 1. The van der Waals surface area contributed by atoms with E-state index in [-0.39, 0.29) is 0 Å². The molecule has 1 atom stereocenters. The second kappa shape index (κ2) is 3.96. The molecule has 1 aromatic rings. The van der Waals surface area contributed by atoms with Crippen molar-refractivity contribution in [2.24, 2.45) is 0 Å². The van der Waals surface area contributed by atoms with Crippen molar-refractivity contribution in [1.29, 1.82) is 0 Å². The summed E-state index contributed by atoms with van der Waals surface area (Å²) in [5.41, 5.74) is 5.44. The maximum atomic E-state index is 10.4. The van der Waals surface area contributed by atoms with Crippen molar-refractivity contribution in [2.75, 3.05) is 18.8 Å². The van der Waals surface area contributed by atoms with E-state index in [1.165, 1.54) is 6.20 Å². The van der Waals surface area contributed by atoms with Crippen molar-refractivity contribution >= 4 is 17.4 Å². The third-order valence-corrected chi connectivity index (χ3v) is 2.95. The minimum atomic E-state index is -0.930. The average molecular weight is 228 g/mol. The lowest BCUT2D eigenvalue weighted by Gasteiger charge is -2.33. The normalized spacial score (nSPS) is 26.5. The molecule has 0 radical (unpaired) electrons. The van der Waals surface area contributed by atoms with E-state index in [1.807, 2.05) is 0 Å². The van der Waals surface area contributed by atoms with Crippen LogP contribution in [0.2, 0.25) is 5.02 Å². The van der Waals surface area contributed by atoms with Gasteiger partial charge in [-0.05, 0) is 25.5 Å². The average Bonchev–Trinajstić information content (AvgIpc) is 2.23. The lowest BCUT2D eigenvalue weighted by atomic mass is 9.87. The van der Waals surface area contributed by atoms with Gasteiger partial charge in [-0.2, -0.15) is 0 Å². The monoisotopic (exact) mass is 227 g/mol. The molecule has 4 N–H and O–H groups in total. The third-order valence-electron chi connectivity index (χ3n) is 2.75. The molecule has 0 aliphatic carbocycles. The summed E-state index contributed by atoms with van der Waals surface area (Å²) >= 11 is 5.85. The van der Waals surface area contributed by atoms with Gasteiger partial charge in [0, 0.05) is 18.3 Å². The van der Waals surface area contributed by atoms with Gasteiger partial charge in [0.05, 0.1) is 5.02 Å². The first-order valence-corrected chi connectivity index (χ1v) is 5.34. The van der Waals surface area contributed by atoms with Crippen LogP contribution in [0.3, 0.4) is 0 Å². The fourth-order valence-corrected chi connectivity index (χ4v) is 2.10. The molecule has 5 heteroatoms. The summed E-state index contributed by atoms with van der Waals surface area (Å²) in [5, 5.41) is 14.0. The van der Waals surface area contributed by atoms with E-state index in [0.29, 0.717) is 29.4 Å². The molecular formula is C10H14ClN3O. The largest absolute Gasteiger partial charge is 0.384 e. The number of rotatable bonds is 1. The maximum absolute atomic E-state index is 10.4. The molecular weight excluding hydrogens is 214 g/mol. The van der Waals surface area contributed by atoms with Crippen LogP contribution in [0.4, 0.5) is 5.82 Å². The molecule has 0 bridgehead atoms. The van der Waals surface area contributed by atoms with Gasteiger partial charge >= 0.3 is 0 Å². The van der Waals surface area contributed by atoms with Gasteiger partial charge in [0.2, 0.25) is 0 Å². The zero-order valence-electron chi connectivity index (χ0n) is 8.33. The number of hydrogen-bond donors (Lipinski definition) is 3. The highest BCUT2D eigenvalue weighted by Gasteiger charge is 2.33. The molecule has 1 saturated heterocycles. The summed E-state index contributed by atoms with van der Waals surface area (Å²) in [6.07, 6.45) is 3.09. The lowest BCUT2D eigenvalue weighted by molar-refractivity contribution is 0.0128. The summed E-state index contributed by atoms with van der Waals surface area (Å²) in [6.45, 7) is 1.43. The van der Waals surface area contributed by atoms with Crippen LogP contribution in [0.15, 0.2) is 12.3 Å². The van der Waals surface area contributed by atoms with Crippen molar-refractivity contribution in [1.82, 2.24) is 10.3 Å². The second-order valence-electron chi connectivity index (χ2n) is 3.90. The van der Waals surface area contributed by atoms with Crippen LogP contribution in [0.5, 0.6) is 0 Å². The Balaban J connectivity index is 2.38. The van der Waals surface area contributed by atoms with Gasteiger partial charge in [-0.3, -0.25) is 0 Å². The number of pyridine rings is 1. The van der Waals surface area contributed by atoms with Gasteiger partial charge in [0.1, 0.15) is 11.4 Å². The first-order valence-electron chi connectivity index (χ1n) is 4.96. The van der Waals surface area contributed by atoms with Crippen molar-refractivity contribution < 1.29 is 5.11 Å². The Hall–Kier alpha value is -0.840. The maximum Gasteiger partial charge on any atom is 0.129 e. The molecule has 0 aromatic carbocycles. The highest BCUT2D eigenvalue weighted by atomic mass is 35.5. The van der Waals surface area contributed by atoms with Crippen LogP contribution in [0.1, 0.15) is 18.4 Å². The number of nitrogens with zero attached hydrogens (tertiary/aromatic N) is 1. The number of aromatic nitrogens is 1. The molecule has 2 heterocycles. The van der Waals surface area contributed by atoms with E-state index >= 15 is 0 Å². The smallest absolute Gasteiger partial charge is 0.129 e. The van der Waals surface area contributed by atoms with Crippen LogP contribution in [0, 0.1) is 0 Å². The Labute approximate surface area is 93.5 Å². The number of nitrogen functional groups attached to an aromatic ring is 1. The van der Waals surface area contributed by atoms with Gasteiger partial charge in [0.25, 0.3) is 0 Å². The highest BCUT2D eigenvalue weighted by molar-refractivity contribution is 6.30. The molecule has 2 rings (SSSR count). The van der Waals surface area contributed by atoms with Crippen molar-refractivity contribution in [3.8, 4) is 0 Å². The van der Waals surface area contributed by atoms with Crippen LogP contribution >= 0.6 is 11.6 Å². The minimum absolute atomic E-state index is 0.352. The predicted octanol–water partition coefficient (Wildman–Crippen LogP) is 0.888. The molecule has 1 fully saturated rings. The van der Waals surface area contributed by atoms with Crippen LogP contribution in [0.25, 0.3) is 0 Å². The molecule has 0 amide bonds. The van der Waals surface area contributed by atoms with E-state index in [9.17, 15) is 5.11 Å². The van der Waals surface area contributed by atoms with Crippen LogP contribution in [-0.4, -0.2) is 23.2 Å². The number of anilines is 1. The fourth-order valence-electron chi connectivity index (χ4n) is 1.94. The SMILES string of the molecule is Nc1ncc(Cl)cc1C1(O)CCCNC1. The molecule has 0 spiro atoms. The predicted molar refractivity (Wildman–Crippen MR) is 59.7 cm³/mol. The zero-order valence-corrected chi connectivity index (χ0v) is 9.09. The van der Waals surface area contributed by atoms with Gasteiger partial charge in [-0.25, -0.2) is 4.98 Å². The summed E-state index contributed by atoms with van der Waals surface area (Å²) in [5.74, 6) is 0.352. The summed E-state index contributed by atoms with van der Waals surface area (Å²) in [7, 11) is 0. The van der Waals surface area contributed by atoms with E-state index < -0.39 is 5.60 Å². The third kappa shape index (κ3) is 2.07. The Morgan fingerprint density at radius 3 is 3.07 bits per heavy atom. The molecule has 1 aliphatic rings. The van der Waals surface area contributed by atoms with Crippen LogP contribution in [-0.2, 0) is 5.60 Å². The molecule has 1 aliphatic heterocycles. The summed E-state index contributed by atoms with van der Waals surface area (Å²) < 4.78 is 0. The molecule has 0 saturated carbocycles. The fraction of sp³-hybridized carbons (Fsp3) is 0.500. The molecule has 15 heavy (non-hydrogen) atoms. The van der Waals surface area contributed by atoms with Gasteiger partial charge in [-0.15, -0.1) is 0 Å². The van der Waals surface area contributed by atoms with Crippen molar-refractivity contribution in [3.63, 3.8) is 0 Å². The van der Waals surface area contributed by atoms with Crippen LogP contribution < -0.4 is 11.1 Å². The lowest BCUT2D eigenvalue weighted by Crippen LogP contribution is -2.43. The van der Waals surface area contributed by atoms with Crippen molar-refractivity contribution in [2.45, 2.75) is 18.4 Å². The number of nitrogens with two attached hydrogens (primary N) is 1. The number of aliphatic hydroxyl groups is 1. The highest BCUT2D eigenvalue weighted by Crippen LogP contribution is 2.32. The van der Waals surface area contributed by atoms with E-state index in [0.717, 1.165) is 13.0 Å². The summed E-state index contributed by atoms with van der Waals surface area (Å²) in [4.78, 5) is 3.96. The first kappa shape index (κ1) is 10.7. The standard InChI is InChI=1S/C10H14ClN3O/c11-7-4-8(9(12)14-5-7)10(15)2-1-3-13-6-10/h4-5,13,15H,1-3,6H2,(H2,12,14). The number of piperidine rings is 1. The first-order chi connectivity index (χ1) is 7.12. The summed E-state index contributed by atoms with van der Waals surface area (Å²) in [6, 6.07) is 1.69. The topological polar surface area (TPSA) is 71.2 Å². The molecule has 82 valence electrons. The number of halogens is 1. The molecule has 1 aromatic heterocycles. The van der Waals surface area contributed by atoms with Gasteiger partial charge in [0.15, 0.2) is 0 Å². The van der Waals surface area contributed by atoms with Gasteiger partial charge < -0.3 is 16.2 Å². The molecule has 1 unspecified atom stereocenters. The number of hydrogen-bond acceptors (Lipinski definition) is 4. The van der Waals surface area contributed by atoms with Gasteiger partial charge in [-0.1, -0.05) is 11.6 Å². The van der Waals surface area contributed by atoms with E-state index in [4.69, 9.17) is 17.3 Å². The van der Waals surface area contributed by atoms with E-state index in [2.05, 4.69) is 10.3 Å². The quantitative estimate of drug-likeness (QED) is 0.667. The van der Waals surface area contributed by atoms with E-state index in [1.54, 1.807) is 6.07 Å².